The van der Waals surface area contributed by atoms with Crippen LogP contribution in [0.4, 0.5) is 19.3 Å². The first-order valence-corrected chi connectivity index (χ1v) is 10.6. The van der Waals surface area contributed by atoms with Crippen LogP contribution in [0, 0.1) is 11.6 Å². The van der Waals surface area contributed by atoms with Gasteiger partial charge in [-0.1, -0.05) is 56.9 Å². The Labute approximate surface area is 182 Å². The van der Waals surface area contributed by atoms with Crippen molar-refractivity contribution in [2.45, 2.75) is 59.1 Å². The van der Waals surface area contributed by atoms with Crippen LogP contribution < -0.4 is 5.32 Å². The van der Waals surface area contributed by atoms with E-state index in [9.17, 15) is 18.4 Å². The third-order valence-corrected chi connectivity index (χ3v) is 4.83. The van der Waals surface area contributed by atoms with Crippen LogP contribution >= 0.6 is 0 Å². The second-order valence-electron chi connectivity index (χ2n) is 7.49. The molecule has 168 valence electrons. The summed E-state index contributed by atoms with van der Waals surface area (Å²) in [5.74, 6) is -1.86. The lowest BCUT2D eigenvalue weighted by Gasteiger charge is -2.23. The highest BCUT2D eigenvalue weighted by molar-refractivity contribution is 5.89. The second-order valence-corrected chi connectivity index (χ2v) is 7.49. The molecule has 5 nitrogen and oxygen atoms in total. The Bertz CT molecular complexity index is 856. The van der Waals surface area contributed by atoms with E-state index in [1.807, 2.05) is 24.3 Å². The Kier molecular flexibility index (Phi) is 9.94. The number of benzene rings is 2. The van der Waals surface area contributed by atoms with E-state index in [4.69, 9.17) is 4.74 Å². The Morgan fingerprint density at radius 2 is 1.65 bits per heavy atom. The second kappa shape index (κ2) is 12.7. The highest BCUT2D eigenvalue weighted by Crippen LogP contribution is 2.17. The molecule has 0 unspecified atom stereocenters. The van der Waals surface area contributed by atoms with Gasteiger partial charge in [-0.3, -0.25) is 4.79 Å². The molecule has 0 saturated heterocycles. The average Bonchev–Trinajstić information content (AvgIpc) is 2.74. The summed E-state index contributed by atoms with van der Waals surface area (Å²) >= 11 is 0. The lowest BCUT2D eigenvalue weighted by atomic mass is 10.1. The topological polar surface area (TPSA) is 58.6 Å². The summed E-state index contributed by atoms with van der Waals surface area (Å²) < 4.78 is 32.1. The molecular weight excluding hydrogens is 402 g/mol. The molecule has 0 saturated carbocycles. The van der Waals surface area contributed by atoms with E-state index in [0.29, 0.717) is 13.1 Å². The molecule has 31 heavy (non-hydrogen) atoms. The normalized spacial score (nSPS) is 10.6. The molecule has 7 heteroatoms. The van der Waals surface area contributed by atoms with Gasteiger partial charge in [0.1, 0.15) is 18.2 Å². The summed E-state index contributed by atoms with van der Waals surface area (Å²) in [5, 5.41) is 2.54. The van der Waals surface area contributed by atoms with Gasteiger partial charge in [0.2, 0.25) is 0 Å². The van der Waals surface area contributed by atoms with Crippen molar-refractivity contribution in [2.24, 2.45) is 0 Å². The van der Waals surface area contributed by atoms with Gasteiger partial charge in [0.25, 0.3) is 0 Å². The first-order valence-electron chi connectivity index (χ1n) is 10.6. The van der Waals surface area contributed by atoms with Crippen LogP contribution in [0.15, 0.2) is 42.5 Å². The van der Waals surface area contributed by atoms with Gasteiger partial charge in [-0.25, -0.2) is 13.6 Å². The summed E-state index contributed by atoms with van der Waals surface area (Å²) in [7, 11) is 0. The van der Waals surface area contributed by atoms with E-state index >= 15 is 0 Å². The molecule has 0 atom stereocenters. The highest BCUT2D eigenvalue weighted by atomic mass is 19.1. The molecule has 0 spiro atoms. The van der Waals surface area contributed by atoms with Gasteiger partial charge in [0.15, 0.2) is 0 Å². The Morgan fingerprint density at radius 3 is 2.29 bits per heavy atom. The fourth-order valence-corrected chi connectivity index (χ4v) is 3.09. The number of urea groups is 1. The number of carbonyl (C=O) groups is 2. The zero-order valence-corrected chi connectivity index (χ0v) is 18.1. The minimum Gasteiger partial charge on any atom is -0.461 e. The van der Waals surface area contributed by atoms with E-state index in [1.165, 1.54) is 13.0 Å². The van der Waals surface area contributed by atoms with E-state index in [-0.39, 0.29) is 18.3 Å². The maximum absolute atomic E-state index is 14.0. The first-order chi connectivity index (χ1) is 14.9. The molecule has 2 aromatic rings. The maximum Gasteiger partial charge on any atom is 0.322 e. The summed E-state index contributed by atoms with van der Waals surface area (Å²) in [6, 6.07) is 10.0. The minimum atomic E-state index is -0.814. The average molecular weight is 433 g/mol. The number of unbranched alkanes of at least 4 members (excludes halogenated alkanes) is 4. The SMILES string of the molecule is CCCCCCCN(Cc1ccc(COC(C)=O)cc1)C(=O)Nc1ccc(F)cc1F. The lowest BCUT2D eigenvalue weighted by molar-refractivity contribution is -0.142. The van der Waals surface area contributed by atoms with Gasteiger partial charge in [-0.15, -0.1) is 0 Å². The van der Waals surface area contributed by atoms with Crippen LogP contribution in [0.5, 0.6) is 0 Å². The van der Waals surface area contributed by atoms with Gasteiger partial charge in [-0.2, -0.15) is 0 Å². The lowest BCUT2D eigenvalue weighted by Crippen LogP contribution is -2.35. The molecule has 0 radical (unpaired) electrons. The smallest absolute Gasteiger partial charge is 0.322 e. The molecule has 2 rings (SSSR count). The van der Waals surface area contributed by atoms with Crippen molar-refractivity contribution in [3.05, 3.63) is 65.2 Å². The number of carbonyl (C=O) groups excluding carboxylic acids is 2. The van der Waals surface area contributed by atoms with Gasteiger partial charge >= 0.3 is 12.0 Å². The Hall–Kier alpha value is -2.96. The number of ether oxygens (including phenoxy) is 1. The van der Waals surface area contributed by atoms with Crippen molar-refractivity contribution in [1.29, 1.82) is 0 Å². The third kappa shape index (κ3) is 8.74. The van der Waals surface area contributed by atoms with E-state index < -0.39 is 17.7 Å². The predicted molar refractivity (Wildman–Crippen MR) is 116 cm³/mol. The number of nitrogens with zero attached hydrogens (tertiary/aromatic N) is 1. The summed E-state index contributed by atoms with van der Waals surface area (Å²) in [6.45, 7) is 4.56. The molecule has 0 bridgehead atoms. The number of rotatable bonds is 11. The van der Waals surface area contributed by atoms with Crippen molar-refractivity contribution in [1.82, 2.24) is 4.90 Å². The fraction of sp³-hybridized carbons (Fsp3) is 0.417. The molecule has 1 N–H and O–H groups in total. The molecule has 2 amide bonds. The first kappa shape index (κ1) is 24.3. The number of hydrogen-bond acceptors (Lipinski definition) is 3. The van der Waals surface area contributed by atoms with Crippen molar-refractivity contribution in [3.63, 3.8) is 0 Å². The number of halogens is 2. The van der Waals surface area contributed by atoms with E-state index in [2.05, 4.69) is 12.2 Å². The third-order valence-electron chi connectivity index (χ3n) is 4.83. The molecule has 2 aromatic carbocycles. The van der Waals surface area contributed by atoms with E-state index in [0.717, 1.165) is 55.4 Å². The van der Waals surface area contributed by atoms with Gasteiger partial charge in [0, 0.05) is 26.1 Å². The van der Waals surface area contributed by atoms with Gasteiger partial charge in [-0.05, 0) is 29.7 Å². The summed E-state index contributed by atoms with van der Waals surface area (Å²) in [5.41, 5.74) is 1.69. The summed E-state index contributed by atoms with van der Waals surface area (Å²) in [4.78, 5) is 25.4. The number of nitrogens with one attached hydrogen (secondary N) is 1. The zero-order chi connectivity index (χ0) is 22.6. The largest absolute Gasteiger partial charge is 0.461 e. The number of amides is 2. The van der Waals surface area contributed by atoms with Crippen molar-refractivity contribution >= 4 is 17.7 Å². The number of hydrogen-bond donors (Lipinski definition) is 1. The van der Waals surface area contributed by atoms with Crippen molar-refractivity contribution in [3.8, 4) is 0 Å². The highest BCUT2D eigenvalue weighted by Gasteiger charge is 2.16. The molecule has 0 fully saturated rings. The quantitative estimate of drug-likeness (QED) is 0.348. The zero-order valence-electron chi connectivity index (χ0n) is 18.1. The number of esters is 1. The van der Waals surface area contributed by atoms with Crippen LogP contribution in [0.2, 0.25) is 0 Å². The van der Waals surface area contributed by atoms with Crippen LogP contribution in [-0.4, -0.2) is 23.4 Å². The molecule has 0 aromatic heterocycles. The van der Waals surface area contributed by atoms with Gasteiger partial charge in [0.05, 0.1) is 5.69 Å². The molecule has 0 heterocycles. The number of anilines is 1. The monoisotopic (exact) mass is 432 g/mol. The Morgan fingerprint density at radius 1 is 0.968 bits per heavy atom. The summed E-state index contributed by atoms with van der Waals surface area (Å²) in [6.07, 6.45) is 5.22. The van der Waals surface area contributed by atoms with Crippen molar-refractivity contribution in [2.75, 3.05) is 11.9 Å². The van der Waals surface area contributed by atoms with Gasteiger partial charge < -0.3 is 15.0 Å². The van der Waals surface area contributed by atoms with Crippen LogP contribution in [-0.2, 0) is 22.7 Å². The molecule has 0 aliphatic carbocycles. The minimum absolute atomic E-state index is 0.0564. The van der Waals surface area contributed by atoms with Crippen LogP contribution in [0.3, 0.4) is 0 Å². The van der Waals surface area contributed by atoms with E-state index in [1.54, 1.807) is 4.90 Å². The Balaban J connectivity index is 2.04. The molecule has 0 aliphatic rings. The maximum atomic E-state index is 14.0. The fourth-order valence-electron chi connectivity index (χ4n) is 3.09. The predicted octanol–water partition coefficient (Wildman–Crippen LogP) is 6.03. The molecular formula is C24H30F2N2O3. The van der Waals surface area contributed by atoms with Crippen LogP contribution in [0.25, 0.3) is 0 Å². The van der Waals surface area contributed by atoms with Crippen LogP contribution in [0.1, 0.15) is 57.1 Å². The standard InChI is InChI=1S/C24H30F2N2O3/c1-3-4-5-6-7-14-28(24(30)27-23-13-12-21(25)15-22(23)26)16-19-8-10-20(11-9-19)17-31-18(2)29/h8-13,15H,3-7,14,16-17H2,1-2H3,(H,27,30). The molecule has 0 aliphatic heterocycles. The van der Waals surface area contributed by atoms with Crippen molar-refractivity contribution < 1.29 is 23.1 Å².